The molecule has 0 spiro atoms. The number of carbonyl (C=O) groups is 2. The van der Waals surface area contributed by atoms with Crippen LogP contribution in [0.5, 0.6) is 0 Å². The van der Waals surface area contributed by atoms with Crippen LogP contribution < -0.4 is 5.32 Å². The summed E-state index contributed by atoms with van der Waals surface area (Å²) in [6.45, 7) is 3.46. The van der Waals surface area contributed by atoms with Crippen molar-refractivity contribution in [2.45, 2.75) is 32.7 Å². The summed E-state index contributed by atoms with van der Waals surface area (Å²) in [6.07, 6.45) is 4.29. The van der Waals surface area contributed by atoms with Crippen molar-refractivity contribution in [3.63, 3.8) is 0 Å². The number of aromatic nitrogens is 3. The molecule has 0 bridgehead atoms. The molecule has 2 aromatic heterocycles. The average Bonchev–Trinajstić information content (AvgIpc) is 3.04. The minimum Gasteiger partial charge on any atom is -0.480 e. The van der Waals surface area contributed by atoms with E-state index in [0.29, 0.717) is 24.2 Å². The maximum Gasteiger partial charge on any atom is 0.326 e. The van der Waals surface area contributed by atoms with Gasteiger partial charge in [0.15, 0.2) is 5.69 Å². The minimum atomic E-state index is -1.07. The predicted octanol–water partition coefficient (Wildman–Crippen LogP) is 1.37. The van der Waals surface area contributed by atoms with E-state index in [1.165, 1.54) is 0 Å². The first-order valence-corrected chi connectivity index (χ1v) is 6.92. The standard InChI is InChI=1S/C14H18N4O4/c1-4-5-10(14(20)21)16-12(19)11-8(2)22-13(17-11)9-6-15-18(3)7-9/h6-7,10H,4-5H2,1-3H3,(H,16,19)(H,20,21). The number of hydrogen-bond donors (Lipinski definition) is 2. The van der Waals surface area contributed by atoms with Crippen molar-refractivity contribution < 1.29 is 19.1 Å². The minimum absolute atomic E-state index is 0.0845. The number of nitrogens with zero attached hydrogens (tertiary/aromatic N) is 3. The van der Waals surface area contributed by atoms with Crippen LogP contribution in [-0.4, -0.2) is 37.8 Å². The number of hydrogen-bond acceptors (Lipinski definition) is 5. The SMILES string of the molecule is CCCC(NC(=O)c1nc(-c2cnn(C)c2)oc1C)C(=O)O. The summed E-state index contributed by atoms with van der Waals surface area (Å²) >= 11 is 0. The van der Waals surface area contributed by atoms with Crippen LogP contribution in [0.1, 0.15) is 36.0 Å². The quantitative estimate of drug-likeness (QED) is 0.834. The second kappa shape index (κ2) is 6.42. The number of oxazole rings is 1. The zero-order valence-corrected chi connectivity index (χ0v) is 12.7. The van der Waals surface area contributed by atoms with Gasteiger partial charge < -0.3 is 14.8 Å². The summed E-state index contributed by atoms with van der Waals surface area (Å²) in [6, 6.07) is -0.935. The molecule has 22 heavy (non-hydrogen) atoms. The Morgan fingerprint density at radius 3 is 2.77 bits per heavy atom. The van der Waals surface area contributed by atoms with Crippen molar-refractivity contribution in [3.05, 3.63) is 23.8 Å². The third kappa shape index (κ3) is 3.33. The van der Waals surface area contributed by atoms with E-state index < -0.39 is 17.9 Å². The molecular formula is C14H18N4O4. The molecule has 118 valence electrons. The molecule has 2 N–H and O–H groups in total. The van der Waals surface area contributed by atoms with E-state index in [-0.39, 0.29) is 11.6 Å². The number of aryl methyl sites for hydroxylation is 2. The lowest BCUT2D eigenvalue weighted by atomic mass is 10.1. The second-order valence-electron chi connectivity index (χ2n) is 4.98. The summed E-state index contributed by atoms with van der Waals surface area (Å²) in [5.74, 6) is -1.02. The average molecular weight is 306 g/mol. The number of carboxylic acids is 1. The molecule has 0 saturated carbocycles. The number of aliphatic carboxylic acids is 1. The fourth-order valence-corrected chi connectivity index (χ4v) is 2.03. The van der Waals surface area contributed by atoms with Crippen LogP contribution in [0.2, 0.25) is 0 Å². The molecule has 0 aliphatic rings. The van der Waals surface area contributed by atoms with Crippen LogP contribution >= 0.6 is 0 Å². The topological polar surface area (TPSA) is 110 Å². The lowest BCUT2D eigenvalue weighted by Crippen LogP contribution is -2.41. The third-order valence-corrected chi connectivity index (χ3v) is 3.14. The molecule has 2 aromatic rings. The van der Waals surface area contributed by atoms with Crippen molar-refractivity contribution in [1.82, 2.24) is 20.1 Å². The van der Waals surface area contributed by atoms with Crippen molar-refractivity contribution in [1.29, 1.82) is 0 Å². The number of rotatable bonds is 6. The normalized spacial score (nSPS) is 12.1. The molecule has 1 atom stereocenters. The van der Waals surface area contributed by atoms with Crippen LogP contribution in [0.3, 0.4) is 0 Å². The van der Waals surface area contributed by atoms with Gasteiger partial charge in [-0.1, -0.05) is 13.3 Å². The van der Waals surface area contributed by atoms with Crippen molar-refractivity contribution in [2.75, 3.05) is 0 Å². The van der Waals surface area contributed by atoms with Gasteiger partial charge in [-0.2, -0.15) is 5.10 Å². The van der Waals surface area contributed by atoms with Crippen molar-refractivity contribution in [3.8, 4) is 11.5 Å². The largest absolute Gasteiger partial charge is 0.480 e. The van der Waals surface area contributed by atoms with E-state index >= 15 is 0 Å². The Morgan fingerprint density at radius 2 is 2.23 bits per heavy atom. The molecule has 0 aliphatic carbocycles. The Bertz CT molecular complexity index is 689. The van der Waals surface area contributed by atoms with Crippen LogP contribution in [0.25, 0.3) is 11.5 Å². The molecule has 1 unspecified atom stereocenters. The first-order valence-electron chi connectivity index (χ1n) is 6.92. The number of carbonyl (C=O) groups excluding carboxylic acids is 1. The monoisotopic (exact) mass is 306 g/mol. The van der Waals surface area contributed by atoms with E-state index in [4.69, 9.17) is 9.52 Å². The van der Waals surface area contributed by atoms with Gasteiger partial charge in [-0.3, -0.25) is 9.48 Å². The first kappa shape index (κ1) is 15.7. The molecule has 0 aliphatic heterocycles. The van der Waals surface area contributed by atoms with Gasteiger partial charge in [0, 0.05) is 13.2 Å². The van der Waals surface area contributed by atoms with Gasteiger partial charge in [0.25, 0.3) is 5.91 Å². The molecule has 0 aromatic carbocycles. The van der Waals surface area contributed by atoms with Gasteiger partial charge in [0.1, 0.15) is 11.8 Å². The maximum absolute atomic E-state index is 12.2. The highest BCUT2D eigenvalue weighted by Crippen LogP contribution is 2.21. The highest BCUT2D eigenvalue weighted by Gasteiger charge is 2.24. The predicted molar refractivity (Wildman–Crippen MR) is 77.2 cm³/mol. The molecule has 2 heterocycles. The molecule has 0 saturated heterocycles. The number of carboxylic acid groups (broad SMARTS) is 1. The van der Waals surface area contributed by atoms with Gasteiger partial charge in [0.05, 0.1) is 11.8 Å². The van der Waals surface area contributed by atoms with E-state index in [9.17, 15) is 9.59 Å². The molecule has 0 radical (unpaired) electrons. The lowest BCUT2D eigenvalue weighted by Gasteiger charge is -2.12. The Balaban J connectivity index is 2.20. The second-order valence-corrected chi connectivity index (χ2v) is 4.98. The van der Waals surface area contributed by atoms with Gasteiger partial charge >= 0.3 is 5.97 Å². The molecule has 8 heteroatoms. The van der Waals surface area contributed by atoms with Gasteiger partial charge in [-0.25, -0.2) is 9.78 Å². The molecule has 2 rings (SSSR count). The highest BCUT2D eigenvalue weighted by atomic mass is 16.4. The highest BCUT2D eigenvalue weighted by molar-refractivity contribution is 5.96. The van der Waals surface area contributed by atoms with E-state index in [2.05, 4.69) is 15.4 Å². The summed E-state index contributed by atoms with van der Waals surface area (Å²) < 4.78 is 7.06. The van der Waals surface area contributed by atoms with Crippen molar-refractivity contribution in [2.24, 2.45) is 7.05 Å². The third-order valence-electron chi connectivity index (χ3n) is 3.14. The maximum atomic E-state index is 12.2. The summed E-state index contributed by atoms with van der Waals surface area (Å²) in [5.41, 5.74) is 0.731. The van der Waals surface area contributed by atoms with Crippen LogP contribution in [0.15, 0.2) is 16.8 Å². The first-order chi connectivity index (χ1) is 10.4. The fourth-order valence-electron chi connectivity index (χ4n) is 2.03. The Morgan fingerprint density at radius 1 is 1.50 bits per heavy atom. The molecule has 0 fully saturated rings. The Kier molecular flexibility index (Phi) is 4.59. The Labute approximate surface area is 127 Å². The van der Waals surface area contributed by atoms with Gasteiger partial charge in [-0.15, -0.1) is 0 Å². The fraction of sp³-hybridized carbons (Fsp3) is 0.429. The van der Waals surface area contributed by atoms with Gasteiger partial charge in [-0.05, 0) is 13.3 Å². The summed E-state index contributed by atoms with van der Waals surface area (Å²) in [7, 11) is 1.76. The number of nitrogens with one attached hydrogen (secondary N) is 1. The van der Waals surface area contributed by atoms with E-state index in [0.717, 1.165) is 0 Å². The van der Waals surface area contributed by atoms with Crippen molar-refractivity contribution >= 4 is 11.9 Å². The van der Waals surface area contributed by atoms with Crippen LogP contribution in [0.4, 0.5) is 0 Å². The molecular weight excluding hydrogens is 288 g/mol. The summed E-state index contributed by atoms with van der Waals surface area (Å²) in [4.78, 5) is 27.4. The van der Waals surface area contributed by atoms with Crippen LogP contribution in [0, 0.1) is 6.92 Å². The van der Waals surface area contributed by atoms with Crippen LogP contribution in [-0.2, 0) is 11.8 Å². The number of amides is 1. The zero-order chi connectivity index (χ0) is 16.3. The van der Waals surface area contributed by atoms with E-state index in [1.54, 1.807) is 31.0 Å². The Hall–Kier alpha value is -2.64. The molecule has 1 amide bonds. The molecule has 8 nitrogen and oxygen atoms in total. The lowest BCUT2D eigenvalue weighted by molar-refractivity contribution is -0.139. The van der Waals surface area contributed by atoms with Gasteiger partial charge in [0.2, 0.25) is 5.89 Å². The summed E-state index contributed by atoms with van der Waals surface area (Å²) in [5, 5.41) is 15.6. The smallest absolute Gasteiger partial charge is 0.326 e. The van der Waals surface area contributed by atoms with E-state index in [1.807, 2.05) is 6.92 Å². The zero-order valence-electron chi connectivity index (χ0n) is 12.7.